The van der Waals surface area contributed by atoms with Crippen molar-refractivity contribution in [2.24, 2.45) is 0 Å². The van der Waals surface area contributed by atoms with Crippen LogP contribution in [0.2, 0.25) is 0 Å². The average molecular weight is 339 g/mol. The molecule has 6 heteroatoms. The van der Waals surface area contributed by atoms with E-state index in [9.17, 15) is 8.42 Å². The topological polar surface area (TPSA) is 55.8 Å². The first-order chi connectivity index (χ1) is 10.9. The standard InChI is InChI=1S/C17H25NO4S/c1-21-16-8-10-18(13-17(16)9-3-11-22-17)12-14-4-6-15(7-5-14)23(2,19)20/h4-7,16H,3,8-13H2,1-2H3/t16-,17-/m0/s1. The van der Waals surface area contributed by atoms with Gasteiger partial charge in [-0.15, -0.1) is 0 Å². The number of nitrogens with zero attached hydrogens (tertiary/aromatic N) is 1. The summed E-state index contributed by atoms with van der Waals surface area (Å²) in [6.45, 7) is 3.47. The number of benzene rings is 1. The molecule has 3 rings (SSSR count). The van der Waals surface area contributed by atoms with E-state index in [-0.39, 0.29) is 11.7 Å². The summed E-state index contributed by atoms with van der Waals surface area (Å²) in [5.41, 5.74) is 0.959. The van der Waals surface area contributed by atoms with Crippen LogP contribution >= 0.6 is 0 Å². The molecule has 1 aromatic rings. The predicted octanol–water partition coefficient (Wildman–Crippen LogP) is 1.86. The molecule has 2 aliphatic rings. The number of rotatable bonds is 4. The van der Waals surface area contributed by atoms with Crippen molar-refractivity contribution in [3.05, 3.63) is 29.8 Å². The van der Waals surface area contributed by atoms with E-state index in [2.05, 4.69) is 4.90 Å². The van der Waals surface area contributed by atoms with E-state index in [1.54, 1.807) is 19.2 Å². The van der Waals surface area contributed by atoms with Crippen molar-refractivity contribution in [1.29, 1.82) is 0 Å². The molecule has 0 saturated carbocycles. The molecule has 2 heterocycles. The second-order valence-electron chi connectivity index (χ2n) is 6.66. The summed E-state index contributed by atoms with van der Waals surface area (Å²) < 4.78 is 34.8. The van der Waals surface area contributed by atoms with Crippen LogP contribution in [-0.2, 0) is 25.9 Å². The molecule has 2 aliphatic heterocycles. The zero-order valence-electron chi connectivity index (χ0n) is 13.8. The molecule has 1 aromatic carbocycles. The zero-order chi connectivity index (χ0) is 16.5. The largest absolute Gasteiger partial charge is 0.378 e. The molecule has 2 fully saturated rings. The van der Waals surface area contributed by atoms with Crippen LogP contribution in [0.25, 0.3) is 0 Å². The van der Waals surface area contributed by atoms with E-state index in [4.69, 9.17) is 9.47 Å². The van der Waals surface area contributed by atoms with Crippen LogP contribution in [0.4, 0.5) is 0 Å². The van der Waals surface area contributed by atoms with E-state index in [0.717, 1.165) is 51.1 Å². The van der Waals surface area contributed by atoms with Gasteiger partial charge in [0, 0.05) is 39.6 Å². The minimum Gasteiger partial charge on any atom is -0.378 e. The quantitative estimate of drug-likeness (QED) is 0.838. The first kappa shape index (κ1) is 16.9. The second-order valence-corrected chi connectivity index (χ2v) is 8.67. The maximum atomic E-state index is 11.5. The summed E-state index contributed by atoms with van der Waals surface area (Å²) >= 11 is 0. The molecule has 0 amide bonds. The lowest BCUT2D eigenvalue weighted by Crippen LogP contribution is -2.56. The van der Waals surface area contributed by atoms with Crippen LogP contribution in [0.5, 0.6) is 0 Å². The molecule has 0 N–H and O–H groups in total. The monoisotopic (exact) mass is 339 g/mol. The Kier molecular flexibility index (Phi) is 4.78. The zero-order valence-corrected chi connectivity index (χ0v) is 14.6. The highest BCUT2D eigenvalue weighted by atomic mass is 32.2. The minimum atomic E-state index is -3.13. The molecule has 0 bridgehead atoms. The van der Waals surface area contributed by atoms with Crippen molar-refractivity contribution in [2.75, 3.05) is 33.1 Å². The van der Waals surface area contributed by atoms with Crippen molar-refractivity contribution in [2.45, 2.75) is 42.4 Å². The third-order valence-electron chi connectivity index (χ3n) is 4.96. The van der Waals surface area contributed by atoms with Crippen molar-refractivity contribution in [3.8, 4) is 0 Å². The molecule has 0 radical (unpaired) electrons. The highest BCUT2D eigenvalue weighted by Crippen LogP contribution is 2.36. The van der Waals surface area contributed by atoms with Gasteiger partial charge in [0.15, 0.2) is 9.84 Å². The summed E-state index contributed by atoms with van der Waals surface area (Å²) in [4.78, 5) is 2.76. The lowest BCUT2D eigenvalue weighted by molar-refractivity contribution is -0.145. The normalized spacial score (nSPS) is 29.2. The van der Waals surface area contributed by atoms with Crippen LogP contribution in [0.1, 0.15) is 24.8 Å². The first-order valence-corrected chi connectivity index (χ1v) is 10.0. The summed E-state index contributed by atoms with van der Waals surface area (Å²) in [6, 6.07) is 7.19. The van der Waals surface area contributed by atoms with Crippen molar-refractivity contribution in [1.82, 2.24) is 4.90 Å². The van der Waals surface area contributed by atoms with Crippen molar-refractivity contribution >= 4 is 9.84 Å². The van der Waals surface area contributed by atoms with Gasteiger partial charge in [0.05, 0.1) is 11.0 Å². The smallest absolute Gasteiger partial charge is 0.175 e. The Morgan fingerprint density at radius 2 is 2.09 bits per heavy atom. The number of hydrogen-bond donors (Lipinski definition) is 0. The molecule has 5 nitrogen and oxygen atoms in total. The molecule has 0 aromatic heterocycles. The lowest BCUT2D eigenvalue weighted by Gasteiger charge is -2.44. The number of piperidine rings is 1. The fraction of sp³-hybridized carbons (Fsp3) is 0.647. The molecule has 2 saturated heterocycles. The van der Waals surface area contributed by atoms with Crippen molar-refractivity contribution < 1.29 is 17.9 Å². The first-order valence-electron chi connectivity index (χ1n) is 8.11. The van der Waals surface area contributed by atoms with E-state index < -0.39 is 9.84 Å². The predicted molar refractivity (Wildman–Crippen MR) is 88.2 cm³/mol. The summed E-state index contributed by atoms with van der Waals surface area (Å²) in [6.07, 6.45) is 4.52. The Morgan fingerprint density at radius 3 is 2.65 bits per heavy atom. The third-order valence-corrected chi connectivity index (χ3v) is 6.09. The van der Waals surface area contributed by atoms with Crippen LogP contribution in [0.15, 0.2) is 29.2 Å². The van der Waals surface area contributed by atoms with Gasteiger partial charge in [-0.2, -0.15) is 0 Å². The van der Waals surface area contributed by atoms with Crippen molar-refractivity contribution in [3.63, 3.8) is 0 Å². The van der Waals surface area contributed by atoms with Crippen LogP contribution in [-0.4, -0.2) is 58.1 Å². The molecule has 128 valence electrons. The van der Waals surface area contributed by atoms with E-state index in [1.807, 2.05) is 12.1 Å². The van der Waals surface area contributed by atoms with Gasteiger partial charge in [-0.3, -0.25) is 4.90 Å². The van der Waals surface area contributed by atoms with Crippen LogP contribution in [0.3, 0.4) is 0 Å². The van der Waals surface area contributed by atoms with Gasteiger partial charge in [0.1, 0.15) is 5.60 Å². The highest BCUT2D eigenvalue weighted by molar-refractivity contribution is 7.90. The number of ether oxygens (including phenoxy) is 2. The maximum Gasteiger partial charge on any atom is 0.175 e. The molecule has 1 spiro atoms. The number of hydrogen-bond acceptors (Lipinski definition) is 5. The molecule has 23 heavy (non-hydrogen) atoms. The Bertz CT molecular complexity index is 635. The van der Waals surface area contributed by atoms with E-state index in [0.29, 0.717) is 4.90 Å². The average Bonchev–Trinajstić information content (AvgIpc) is 2.96. The fourth-order valence-electron chi connectivity index (χ4n) is 3.79. The van der Waals surface area contributed by atoms with Gasteiger partial charge in [0.25, 0.3) is 0 Å². The molecule has 0 unspecified atom stereocenters. The molecule has 2 atom stereocenters. The molecular formula is C17H25NO4S. The van der Waals surface area contributed by atoms with Gasteiger partial charge >= 0.3 is 0 Å². The number of sulfone groups is 1. The van der Waals surface area contributed by atoms with E-state index >= 15 is 0 Å². The fourth-order valence-corrected chi connectivity index (χ4v) is 4.42. The Morgan fingerprint density at radius 1 is 1.35 bits per heavy atom. The van der Waals surface area contributed by atoms with Gasteiger partial charge in [-0.05, 0) is 37.0 Å². The number of likely N-dealkylation sites (tertiary alicyclic amines) is 1. The van der Waals surface area contributed by atoms with Gasteiger partial charge in [-0.25, -0.2) is 8.42 Å². The summed E-state index contributed by atoms with van der Waals surface area (Å²) in [7, 11) is -1.36. The Labute approximate surface area is 138 Å². The lowest BCUT2D eigenvalue weighted by atomic mass is 9.86. The van der Waals surface area contributed by atoms with Crippen LogP contribution < -0.4 is 0 Å². The Balaban J connectivity index is 1.69. The summed E-state index contributed by atoms with van der Waals surface area (Å²) in [5, 5.41) is 0. The molecular weight excluding hydrogens is 314 g/mol. The minimum absolute atomic E-state index is 0.167. The number of methoxy groups -OCH3 is 1. The third kappa shape index (κ3) is 3.60. The highest BCUT2D eigenvalue weighted by Gasteiger charge is 2.46. The van der Waals surface area contributed by atoms with Gasteiger partial charge < -0.3 is 9.47 Å². The van der Waals surface area contributed by atoms with Gasteiger partial charge in [-0.1, -0.05) is 12.1 Å². The van der Waals surface area contributed by atoms with Crippen LogP contribution in [0, 0.1) is 0 Å². The summed E-state index contributed by atoms with van der Waals surface area (Å²) in [5.74, 6) is 0. The van der Waals surface area contributed by atoms with Gasteiger partial charge in [0.2, 0.25) is 0 Å². The molecule has 0 aliphatic carbocycles. The SMILES string of the molecule is CO[C@H]1CCN(Cc2ccc(S(C)(=O)=O)cc2)C[C@@]12CCCO2. The Hall–Kier alpha value is -0.950. The second kappa shape index (κ2) is 6.51. The maximum absolute atomic E-state index is 11.5. The van der Waals surface area contributed by atoms with E-state index in [1.165, 1.54) is 6.26 Å².